The van der Waals surface area contributed by atoms with Crippen LogP contribution in [0.15, 0.2) is 0 Å². The van der Waals surface area contributed by atoms with Gasteiger partial charge in [0.05, 0.1) is 0 Å². The summed E-state index contributed by atoms with van der Waals surface area (Å²) in [6.45, 7) is 12.9. The second-order valence-corrected chi connectivity index (χ2v) is 12.8. The number of rotatable bonds is 9. The summed E-state index contributed by atoms with van der Waals surface area (Å²) in [5.41, 5.74) is -0.346. The minimum absolute atomic E-state index is 0.0448. The third-order valence-electron chi connectivity index (χ3n) is 10.2. The Morgan fingerprint density at radius 3 is 2.32 bits per heavy atom. The molecule has 194 valence electrons. The summed E-state index contributed by atoms with van der Waals surface area (Å²) in [5.74, 6) is 1.64. The first-order valence-corrected chi connectivity index (χ1v) is 13.8. The van der Waals surface area contributed by atoms with Gasteiger partial charge in [0.15, 0.2) is 0 Å². The zero-order chi connectivity index (χ0) is 25.3. The van der Waals surface area contributed by atoms with Crippen molar-refractivity contribution in [1.82, 2.24) is 0 Å². The number of carboxylic acid groups (broad SMARTS) is 1. The van der Waals surface area contributed by atoms with Gasteiger partial charge in [0, 0.05) is 25.2 Å². The smallest absolute Gasteiger partial charge is 0.303 e. The Morgan fingerprint density at radius 2 is 1.74 bits per heavy atom. The number of esters is 1. The summed E-state index contributed by atoms with van der Waals surface area (Å²) in [6, 6.07) is 0. The molecule has 3 rings (SSSR count). The van der Waals surface area contributed by atoms with Crippen LogP contribution in [-0.4, -0.2) is 28.9 Å². The second-order valence-electron chi connectivity index (χ2n) is 12.8. The zero-order valence-corrected chi connectivity index (χ0v) is 22.4. The van der Waals surface area contributed by atoms with Crippen molar-refractivity contribution in [2.45, 2.75) is 118 Å². The van der Waals surface area contributed by atoms with E-state index in [9.17, 15) is 19.5 Å². The Hall–Kier alpha value is -1.39. The van der Waals surface area contributed by atoms with Crippen molar-refractivity contribution < 1.29 is 24.2 Å². The summed E-state index contributed by atoms with van der Waals surface area (Å²) in [4.78, 5) is 36.8. The summed E-state index contributed by atoms with van der Waals surface area (Å²) in [6.07, 6.45) is 9.57. The number of Topliss-reactive ketones (excluding diaryl/α,β-unsaturated/α-hetero) is 1. The Balaban J connectivity index is 1.78. The van der Waals surface area contributed by atoms with Gasteiger partial charge >= 0.3 is 11.9 Å². The highest BCUT2D eigenvalue weighted by atomic mass is 16.5. The molecule has 1 N–H and O–H groups in total. The van der Waals surface area contributed by atoms with Crippen molar-refractivity contribution in [3.05, 3.63) is 0 Å². The highest BCUT2D eigenvalue weighted by molar-refractivity contribution is 5.86. The average molecular weight is 477 g/mol. The molecular formula is C29H48O5. The summed E-state index contributed by atoms with van der Waals surface area (Å²) in [5, 5.41) is 9.88. The number of hydrogen-bond donors (Lipinski definition) is 1. The van der Waals surface area contributed by atoms with E-state index in [0.29, 0.717) is 30.6 Å². The largest absolute Gasteiger partial charge is 0.481 e. The Bertz CT molecular complexity index is 760. The Labute approximate surface area is 206 Å². The predicted molar refractivity (Wildman–Crippen MR) is 133 cm³/mol. The lowest BCUT2D eigenvalue weighted by Crippen LogP contribution is -2.52. The van der Waals surface area contributed by atoms with E-state index >= 15 is 0 Å². The van der Waals surface area contributed by atoms with Crippen LogP contribution in [0.1, 0.15) is 112 Å². The maximum atomic E-state index is 13.4. The van der Waals surface area contributed by atoms with Crippen molar-refractivity contribution >= 4 is 17.7 Å². The van der Waals surface area contributed by atoms with E-state index < -0.39 is 11.4 Å². The lowest BCUT2D eigenvalue weighted by molar-refractivity contribution is -0.159. The molecule has 0 saturated heterocycles. The second kappa shape index (κ2) is 10.7. The number of aliphatic carboxylic acids is 1. The molecule has 3 aliphatic carbocycles. The molecule has 0 radical (unpaired) electrons. The molecule has 3 saturated carbocycles. The van der Waals surface area contributed by atoms with Gasteiger partial charge in [0.2, 0.25) is 0 Å². The first-order chi connectivity index (χ1) is 15.9. The third kappa shape index (κ3) is 5.54. The molecule has 0 spiro atoms. The van der Waals surface area contributed by atoms with E-state index in [1.807, 2.05) is 0 Å². The number of ketones is 1. The van der Waals surface area contributed by atoms with Gasteiger partial charge < -0.3 is 9.84 Å². The van der Waals surface area contributed by atoms with Crippen LogP contribution in [0.25, 0.3) is 0 Å². The Morgan fingerprint density at radius 1 is 1.03 bits per heavy atom. The van der Waals surface area contributed by atoms with Crippen LogP contribution in [0.3, 0.4) is 0 Å². The normalized spacial score (nSPS) is 39.0. The van der Waals surface area contributed by atoms with Gasteiger partial charge in [-0.05, 0) is 79.4 Å². The van der Waals surface area contributed by atoms with Crippen molar-refractivity contribution in [3.8, 4) is 0 Å². The van der Waals surface area contributed by atoms with Crippen LogP contribution in [0.2, 0.25) is 0 Å². The molecule has 0 aromatic carbocycles. The number of carboxylic acids is 1. The molecule has 5 nitrogen and oxygen atoms in total. The maximum absolute atomic E-state index is 13.4. The highest BCUT2D eigenvalue weighted by Crippen LogP contribution is 2.65. The molecule has 0 amide bonds. The number of carbonyl (C=O) groups excluding carboxylic acids is 2. The fourth-order valence-corrected chi connectivity index (χ4v) is 8.46. The third-order valence-corrected chi connectivity index (χ3v) is 10.2. The van der Waals surface area contributed by atoms with Gasteiger partial charge in [-0.15, -0.1) is 0 Å². The van der Waals surface area contributed by atoms with Crippen molar-refractivity contribution in [1.29, 1.82) is 0 Å². The summed E-state index contributed by atoms with van der Waals surface area (Å²) < 4.78 is 5.35. The number of carbonyl (C=O) groups is 3. The van der Waals surface area contributed by atoms with Crippen LogP contribution < -0.4 is 0 Å². The van der Waals surface area contributed by atoms with Crippen molar-refractivity contribution in [2.24, 2.45) is 46.3 Å². The van der Waals surface area contributed by atoms with Crippen LogP contribution in [0.5, 0.6) is 0 Å². The lowest BCUT2D eigenvalue weighted by Gasteiger charge is -2.55. The topological polar surface area (TPSA) is 80.7 Å². The van der Waals surface area contributed by atoms with Gasteiger partial charge in [-0.1, -0.05) is 53.9 Å². The van der Waals surface area contributed by atoms with E-state index in [4.69, 9.17) is 4.74 Å². The molecular weight excluding hydrogens is 428 g/mol. The van der Waals surface area contributed by atoms with Gasteiger partial charge in [0.25, 0.3) is 0 Å². The van der Waals surface area contributed by atoms with Crippen molar-refractivity contribution in [2.75, 3.05) is 0 Å². The molecule has 0 aliphatic heterocycles. The number of hydrogen-bond acceptors (Lipinski definition) is 4. The predicted octanol–water partition coefficient (Wildman–Crippen LogP) is 6.67. The molecule has 0 bridgehead atoms. The van der Waals surface area contributed by atoms with E-state index in [-0.39, 0.29) is 47.9 Å². The van der Waals surface area contributed by atoms with Crippen LogP contribution in [0, 0.1) is 46.3 Å². The summed E-state index contributed by atoms with van der Waals surface area (Å²) >= 11 is 0. The molecule has 8 atom stereocenters. The van der Waals surface area contributed by atoms with Gasteiger partial charge in [0.1, 0.15) is 11.9 Å². The fourth-order valence-electron chi connectivity index (χ4n) is 8.46. The van der Waals surface area contributed by atoms with Crippen LogP contribution >= 0.6 is 0 Å². The molecule has 3 aliphatic rings. The molecule has 34 heavy (non-hydrogen) atoms. The molecule has 0 aromatic rings. The fraction of sp³-hybridized carbons (Fsp3) is 0.897. The highest BCUT2D eigenvalue weighted by Gasteiger charge is 2.59. The van der Waals surface area contributed by atoms with E-state index in [2.05, 4.69) is 34.6 Å². The van der Waals surface area contributed by atoms with Gasteiger partial charge in [-0.25, -0.2) is 0 Å². The van der Waals surface area contributed by atoms with Gasteiger partial charge in [-0.2, -0.15) is 0 Å². The van der Waals surface area contributed by atoms with Gasteiger partial charge in [-0.3, -0.25) is 14.4 Å². The average Bonchev–Trinajstić information content (AvgIpc) is 3.07. The van der Waals surface area contributed by atoms with E-state index in [1.54, 1.807) is 0 Å². The summed E-state index contributed by atoms with van der Waals surface area (Å²) in [7, 11) is 0. The molecule has 5 heteroatoms. The lowest BCUT2D eigenvalue weighted by atomic mass is 9.49. The SMILES string of the molecule is CC(=O)OC1CCC(C)(C2CCC3(C)C(C(C)CCCC(C)C)CCC3C2CC(=O)O)C(=O)C1. The zero-order valence-electron chi connectivity index (χ0n) is 22.4. The monoisotopic (exact) mass is 476 g/mol. The molecule has 3 fully saturated rings. The van der Waals surface area contributed by atoms with E-state index in [0.717, 1.165) is 25.2 Å². The minimum atomic E-state index is -0.739. The maximum Gasteiger partial charge on any atom is 0.303 e. The minimum Gasteiger partial charge on any atom is -0.481 e. The standard InChI is InChI=1S/C29H48O5/c1-18(2)8-7-9-19(3)23-10-11-24-22(17-27(32)33)25(13-15-28(23,24)5)29(6)14-12-21(16-26(29)31)34-20(4)30/h18-19,21-25H,7-17H2,1-6H3,(H,32,33). The molecule has 0 heterocycles. The van der Waals surface area contributed by atoms with E-state index in [1.165, 1.54) is 32.6 Å². The first kappa shape index (κ1) is 27.2. The quantitative estimate of drug-likeness (QED) is 0.376. The van der Waals surface area contributed by atoms with Crippen molar-refractivity contribution in [3.63, 3.8) is 0 Å². The first-order valence-electron chi connectivity index (χ1n) is 13.8. The molecule has 8 unspecified atom stereocenters. The number of fused-ring (bicyclic) bond motifs is 1. The van der Waals surface area contributed by atoms with Crippen LogP contribution in [0.4, 0.5) is 0 Å². The Kier molecular flexibility index (Phi) is 8.56. The van der Waals surface area contributed by atoms with Crippen LogP contribution in [-0.2, 0) is 19.1 Å². The number of ether oxygens (including phenoxy) is 1. The molecule has 0 aromatic heterocycles.